The number of benzene rings is 1. The second kappa shape index (κ2) is 3.76. The fourth-order valence-corrected chi connectivity index (χ4v) is 2.33. The summed E-state index contributed by atoms with van der Waals surface area (Å²) in [7, 11) is 0. The van der Waals surface area contributed by atoms with Crippen LogP contribution in [0, 0.1) is 5.82 Å². The first-order valence-electron chi connectivity index (χ1n) is 5.94. The number of rotatable bonds is 2. The van der Waals surface area contributed by atoms with E-state index >= 15 is 0 Å². The smallest absolute Gasteiger partial charge is 0.185 e. The van der Waals surface area contributed by atoms with Crippen molar-refractivity contribution in [3.05, 3.63) is 24.0 Å². The lowest BCUT2D eigenvalue weighted by Gasteiger charge is -2.38. The number of aromatic nitrogens is 4. The molecule has 1 heterocycles. The molecule has 0 radical (unpaired) electrons. The summed E-state index contributed by atoms with van der Waals surface area (Å²) < 4.78 is 15.6. The largest absolute Gasteiger partial charge is 0.399 e. The van der Waals surface area contributed by atoms with Crippen molar-refractivity contribution in [1.82, 2.24) is 20.2 Å². The van der Waals surface area contributed by atoms with E-state index in [9.17, 15) is 4.39 Å². The Balaban J connectivity index is 2.12. The molecule has 0 aliphatic heterocycles. The van der Waals surface area contributed by atoms with Crippen LogP contribution in [0.15, 0.2) is 18.2 Å². The third kappa shape index (κ3) is 1.56. The predicted molar refractivity (Wildman–Crippen MR) is 65.1 cm³/mol. The monoisotopic (exact) mass is 247 g/mol. The van der Waals surface area contributed by atoms with Gasteiger partial charge >= 0.3 is 0 Å². The molecular weight excluding hydrogens is 233 g/mol. The molecule has 1 saturated carbocycles. The quantitative estimate of drug-likeness (QED) is 0.823. The molecule has 0 spiro atoms. The fourth-order valence-electron chi connectivity index (χ4n) is 2.33. The average molecular weight is 247 g/mol. The van der Waals surface area contributed by atoms with Gasteiger partial charge in [0.2, 0.25) is 0 Å². The van der Waals surface area contributed by atoms with Crippen LogP contribution < -0.4 is 5.73 Å². The van der Waals surface area contributed by atoms with Crippen LogP contribution >= 0.6 is 0 Å². The molecule has 2 aromatic rings. The van der Waals surface area contributed by atoms with Gasteiger partial charge in [0.15, 0.2) is 5.82 Å². The van der Waals surface area contributed by atoms with Gasteiger partial charge < -0.3 is 5.73 Å². The maximum Gasteiger partial charge on any atom is 0.185 e. The van der Waals surface area contributed by atoms with Gasteiger partial charge in [-0.3, -0.25) is 0 Å². The zero-order chi connectivity index (χ0) is 12.8. The van der Waals surface area contributed by atoms with Crippen molar-refractivity contribution >= 4 is 5.69 Å². The molecule has 18 heavy (non-hydrogen) atoms. The summed E-state index contributed by atoms with van der Waals surface area (Å²) in [6.45, 7) is 2.08. The van der Waals surface area contributed by atoms with Crippen LogP contribution in [-0.2, 0) is 5.54 Å². The van der Waals surface area contributed by atoms with E-state index in [1.165, 1.54) is 12.1 Å². The van der Waals surface area contributed by atoms with Gasteiger partial charge in [0, 0.05) is 5.69 Å². The van der Waals surface area contributed by atoms with Crippen LogP contribution in [0.4, 0.5) is 10.1 Å². The first kappa shape index (κ1) is 11.1. The summed E-state index contributed by atoms with van der Waals surface area (Å²) in [6, 6.07) is 4.43. The number of nitrogens with two attached hydrogens (primary N) is 1. The van der Waals surface area contributed by atoms with Crippen molar-refractivity contribution in [3.63, 3.8) is 0 Å². The highest BCUT2D eigenvalue weighted by molar-refractivity contribution is 5.61. The number of halogens is 1. The van der Waals surface area contributed by atoms with E-state index in [-0.39, 0.29) is 11.4 Å². The maximum atomic E-state index is 13.9. The molecule has 94 valence electrons. The zero-order valence-electron chi connectivity index (χ0n) is 10.1. The SMILES string of the molecule is CC1(n2nnnc2-c2cc(N)ccc2F)CCC1. The Morgan fingerprint density at radius 3 is 2.83 bits per heavy atom. The number of nitrogens with zero attached hydrogens (tertiary/aromatic N) is 4. The summed E-state index contributed by atoms with van der Waals surface area (Å²) in [5.74, 6) is 0.0881. The molecular formula is C12H14FN5. The van der Waals surface area contributed by atoms with Crippen molar-refractivity contribution in [2.45, 2.75) is 31.7 Å². The predicted octanol–water partition coefficient (Wildman–Crippen LogP) is 1.96. The molecule has 0 unspecified atom stereocenters. The Morgan fingerprint density at radius 1 is 1.39 bits per heavy atom. The molecule has 2 N–H and O–H groups in total. The standard InChI is InChI=1S/C12H14FN5/c1-12(5-2-6-12)18-11(15-16-17-18)9-7-8(14)3-4-10(9)13/h3-4,7H,2,5-6,14H2,1H3. The van der Waals surface area contributed by atoms with Crippen molar-refractivity contribution in [3.8, 4) is 11.4 Å². The minimum Gasteiger partial charge on any atom is -0.399 e. The Hall–Kier alpha value is -1.98. The van der Waals surface area contributed by atoms with Crippen LogP contribution in [0.2, 0.25) is 0 Å². The van der Waals surface area contributed by atoms with Gasteiger partial charge in [0.05, 0.1) is 11.1 Å². The first-order valence-corrected chi connectivity index (χ1v) is 5.94. The summed E-state index contributed by atoms with van der Waals surface area (Å²) in [4.78, 5) is 0. The van der Waals surface area contributed by atoms with E-state index < -0.39 is 0 Å². The third-order valence-electron chi connectivity index (χ3n) is 3.64. The minimum atomic E-state index is -0.358. The van der Waals surface area contributed by atoms with Crippen LogP contribution in [0.5, 0.6) is 0 Å². The summed E-state index contributed by atoms with van der Waals surface area (Å²) in [5.41, 5.74) is 6.45. The molecule has 0 atom stereocenters. The van der Waals surface area contributed by atoms with Crippen molar-refractivity contribution < 1.29 is 4.39 Å². The molecule has 5 nitrogen and oxygen atoms in total. The molecule has 1 aromatic heterocycles. The fraction of sp³-hybridized carbons (Fsp3) is 0.417. The molecule has 1 aliphatic rings. The number of hydrogen-bond donors (Lipinski definition) is 1. The lowest BCUT2D eigenvalue weighted by atomic mass is 9.78. The molecule has 0 saturated heterocycles. The highest BCUT2D eigenvalue weighted by atomic mass is 19.1. The van der Waals surface area contributed by atoms with Crippen LogP contribution in [0.1, 0.15) is 26.2 Å². The second-order valence-corrected chi connectivity index (χ2v) is 5.00. The Kier molecular flexibility index (Phi) is 2.33. The van der Waals surface area contributed by atoms with Gasteiger partial charge in [-0.25, -0.2) is 9.07 Å². The zero-order valence-corrected chi connectivity index (χ0v) is 10.1. The van der Waals surface area contributed by atoms with E-state index in [1.807, 2.05) is 0 Å². The van der Waals surface area contributed by atoms with E-state index in [1.54, 1.807) is 10.7 Å². The number of hydrogen-bond acceptors (Lipinski definition) is 4. The summed E-state index contributed by atoms with van der Waals surface area (Å²) in [5, 5.41) is 11.6. The molecule has 0 amide bonds. The van der Waals surface area contributed by atoms with Crippen molar-refractivity contribution in [2.24, 2.45) is 0 Å². The highest BCUT2D eigenvalue weighted by Gasteiger charge is 2.37. The topological polar surface area (TPSA) is 69.6 Å². The molecule has 0 bridgehead atoms. The highest BCUT2D eigenvalue weighted by Crippen LogP contribution is 2.40. The molecule has 1 aliphatic carbocycles. The normalized spacial score (nSPS) is 17.4. The molecule has 1 fully saturated rings. The van der Waals surface area contributed by atoms with Gasteiger partial charge in [0.1, 0.15) is 5.82 Å². The third-order valence-corrected chi connectivity index (χ3v) is 3.64. The lowest BCUT2D eigenvalue weighted by Crippen LogP contribution is -2.38. The van der Waals surface area contributed by atoms with Crippen LogP contribution in [0.3, 0.4) is 0 Å². The van der Waals surface area contributed by atoms with Crippen molar-refractivity contribution in [1.29, 1.82) is 0 Å². The molecule has 6 heteroatoms. The van der Waals surface area contributed by atoms with E-state index in [4.69, 9.17) is 5.73 Å². The molecule has 1 aromatic carbocycles. The second-order valence-electron chi connectivity index (χ2n) is 5.00. The van der Waals surface area contributed by atoms with Gasteiger partial charge in [-0.1, -0.05) is 0 Å². The number of anilines is 1. The minimum absolute atomic E-state index is 0.101. The Bertz CT molecular complexity index is 588. The van der Waals surface area contributed by atoms with Gasteiger partial charge in [0.25, 0.3) is 0 Å². The van der Waals surface area contributed by atoms with E-state index in [2.05, 4.69) is 22.4 Å². The van der Waals surface area contributed by atoms with E-state index in [0.29, 0.717) is 17.1 Å². The lowest BCUT2D eigenvalue weighted by molar-refractivity contribution is 0.148. The van der Waals surface area contributed by atoms with Gasteiger partial charge in [-0.05, 0) is 54.8 Å². The van der Waals surface area contributed by atoms with Crippen LogP contribution in [0.25, 0.3) is 11.4 Å². The van der Waals surface area contributed by atoms with E-state index in [0.717, 1.165) is 19.3 Å². The van der Waals surface area contributed by atoms with Gasteiger partial charge in [-0.15, -0.1) is 5.10 Å². The number of nitrogen functional groups attached to an aromatic ring is 1. The number of tetrazole rings is 1. The van der Waals surface area contributed by atoms with Crippen LogP contribution in [-0.4, -0.2) is 20.2 Å². The van der Waals surface area contributed by atoms with Gasteiger partial charge in [-0.2, -0.15) is 0 Å². The maximum absolute atomic E-state index is 13.9. The average Bonchev–Trinajstić information content (AvgIpc) is 2.78. The molecule has 3 rings (SSSR count). The summed E-state index contributed by atoms with van der Waals surface area (Å²) in [6.07, 6.45) is 3.17. The summed E-state index contributed by atoms with van der Waals surface area (Å²) >= 11 is 0. The Labute approximate surface area is 104 Å². The van der Waals surface area contributed by atoms with Crippen molar-refractivity contribution in [2.75, 3.05) is 5.73 Å². The Morgan fingerprint density at radius 2 is 2.17 bits per heavy atom. The first-order chi connectivity index (χ1) is 8.60.